The van der Waals surface area contributed by atoms with Gasteiger partial charge in [0.1, 0.15) is 5.76 Å². The molecule has 1 aliphatic rings. The van der Waals surface area contributed by atoms with Gasteiger partial charge in [-0.25, -0.2) is 4.79 Å². The van der Waals surface area contributed by atoms with Crippen LogP contribution in [0.4, 0.5) is 4.79 Å². The molecule has 1 heterocycles. The standard InChI is InChI=1S/C22H29N3O3/c1-17-8-5-6-12-20(17)23-22(27)24-21(26)16-25(15-19-11-7-13-28-19)14-18-9-3-2-4-10-18/h2-4,7,9-11,13,17,20H,5-6,8,12,14-16H2,1H3,(H2,23,24,26,27). The van der Waals surface area contributed by atoms with Crippen LogP contribution in [0, 0.1) is 5.92 Å². The summed E-state index contributed by atoms with van der Waals surface area (Å²) in [7, 11) is 0. The van der Waals surface area contributed by atoms with Gasteiger partial charge in [0.25, 0.3) is 0 Å². The van der Waals surface area contributed by atoms with Crippen molar-refractivity contribution >= 4 is 11.9 Å². The normalized spacial score (nSPS) is 19.4. The topological polar surface area (TPSA) is 74.6 Å². The van der Waals surface area contributed by atoms with Crippen LogP contribution in [0.1, 0.15) is 43.9 Å². The number of hydrogen-bond donors (Lipinski definition) is 2. The molecule has 1 fully saturated rings. The predicted octanol–water partition coefficient (Wildman–Crippen LogP) is 3.69. The van der Waals surface area contributed by atoms with E-state index in [2.05, 4.69) is 17.6 Å². The van der Waals surface area contributed by atoms with Crippen molar-refractivity contribution in [1.82, 2.24) is 15.5 Å². The summed E-state index contributed by atoms with van der Waals surface area (Å²) in [4.78, 5) is 26.7. The molecule has 0 bridgehead atoms. The number of urea groups is 1. The third kappa shape index (κ3) is 6.23. The largest absolute Gasteiger partial charge is 0.468 e. The Bertz CT molecular complexity index is 746. The number of amides is 3. The first-order valence-electron chi connectivity index (χ1n) is 9.99. The molecular weight excluding hydrogens is 354 g/mol. The number of carbonyl (C=O) groups is 2. The molecule has 1 saturated carbocycles. The number of imide groups is 1. The van der Waals surface area contributed by atoms with E-state index in [-0.39, 0.29) is 18.5 Å². The quantitative estimate of drug-likeness (QED) is 0.765. The smallest absolute Gasteiger partial charge is 0.321 e. The summed E-state index contributed by atoms with van der Waals surface area (Å²) in [6, 6.07) is 13.4. The molecule has 2 atom stereocenters. The second-order valence-corrected chi connectivity index (χ2v) is 7.60. The average molecular weight is 383 g/mol. The lowest BCUT2D eigenvalue weighted by Crippen LogP contribution is -2.49. The van der Waals surface area contributed by atoms with Gasteiger partial charge in [-0.05, 0) is 36.5 Å². The lowest BCUT2D eigenvalue weighted by Gasteiger charge is -2.29. The van der Waals surface area contributed by atoms with Crippen LogP contribution in [0.2, 0.25) is 0 Å². The second kappa shape index (κ2) is 10.1. The molecule has 0 spiro atoms. The molecular formula is C22H29N3O3. The van der Waals surface area contributed by atoms with E-state index in [0.717, 1.165) is 30.6 Å². The van der Waals surface area contributed by atoms with Gasteiger partial charge < -0.3 is 9.73 Å². The summed E-state index contributed by atoms with van der Waals surface area (Å²) in [6.45, 7) is 3.35. The van der Waals surface area contributed by atoms with Crippen molar-refractivity contribution in [1.29, 1.82) is 0 Å². The fourth-order valence-corrected chi connectivity index (χ4v) is 3.74. The highest BCUT2D eigenvalue weighted by Gasteiger charge is 2.23. The molecule has 1 aromatic heterocycles. The van der Waals surface area contributed by atoms with Crippen LogP contribution < -0.4 is 10.6 Å². The molecule has 6 heteroatoms. The monoisotopic (exact) mass is 383 g/mol. The molecule has 6 nitrogen and oxygen atoms in total. The van der Waals surface area contributed by atoms with Crippen LogP contribution in [0.15, 0.2) is 53.1 Å². The third-order valence-corrected chi connectivity index (χ3v) is 5.26. The highest BCUT2D eigenvalue weighted by Crippen LogP contribution is 2.23. The van der Waals surface area contributed by atoms with Crippen molar-refractivity contribution in [3.8, 4) is 0 Å². The summed E-state index contributed by atoms with van der Waals surface area (Å²) in [6.07, 6.45) is 6.04. The summed E-state index contributed by atoms with van der Waals surface area (Å²) >= 11 is 0. The Hall–Kier alpha value is -2.60. The Labute approximate surface area is 166 Å². The fraction of sp³-hybridized carbons (Fsp3) is 0.455. The number of rotatable bonds is 7. The van der Waals surface area contributed by atoms with E-state index in [9.17, 15) is 9.59 Å². The van der Waals surface area contributed by atoms with Crippen LogP contribution in [-0.4, -0.2) is 29.4 Å². The van der Waals surface area contributed by atoms with Crippen molar-refractivity contribution in [3.05, 3.63) is 60.1 Å². The molecule has 1 aliphatic carbocycles. The van der Waals surface area contributed by atoms with Crippen molar-refractivity contribution in [2.75, 3.05) is 6.54 Å². The van der Waals surface area contributed by atoms with Crippen molar-refractivity contribution < 1.29 is 14.0 Å². The Morgan fingerprint density at radius 1 is 1.07 bits per heavy atom. The van der Waals surface area contributed by atoms with Crippen LogP contribution >= 0.6 is 0 Å². The van der Waals surface area contributed by atoms with E-state index in [1.165, 1.54) is 6.42 Å². The van der Waals surface area contributed by atoms with E-state index in [1.54, 1.807) is 6.26 Å². The molecule has 2 N–H and O–H groups in total. The highest BCUT2D eigenvalue weighted by atomic mass is 16.3. The molecule has 150 valence electrons. The molecule has 28 heavy (non-hydrogen) atoms. The van der Waals surface area contributed by atoms with Crippen molar-refractivity contribution in [2.45, 2.75) is 51.7 Å². The Balaban J connectivity index is 1.54. The summed E-state index contributed by atoms with van der Waals surface area (Å²) in [5, 5.41) is 5.44. The van der Waals surface area contributed by atoms with Crippen molar-refractivity contribution in [2.24, 2.45) is 5.92 Å². The molecule has 0 radical (unpaired) electrons. The second-order valence-electron chi connectivity index (χ2n) is 7.60. The first kappa shape index (κ1) is 20.1. The number of nitrogens with one attached hydrogen (secondary N) is 2. The number of nitrogens with zero attached hydrogens (tertiary/aromatic N) is 1. The Kier molecular flexibility index (Phi) is 7.25. The van der Waals surface area contributed by atoms with Gasteiger partial charge >= 0.3 is 6.03 Å². The van der Waals surface area contributed by atoms with E-state index in [0.29, 0.717) is 19.0 Å². The predicted molar refractivity (Wildman–Crippen MR) is 107 cm³/mol. The minimum absolute atomic E-state index is 0.114. The van der Waals surface area contributed by atoms with E-state index < -0.39 is 6.03 Å². The molecule has 1 aromatic carbocycles. The zero-order valence-corrected chi connectivity index (χ0v) is 16.4. The third-order valence-electron chi connectivity index (χ3n) is 5.26. The lowest BCUT2D eigenvalue weighted by molar-refractivity contribution is -0.121. The maximum Gasteiger partial charge on any atom is 0.321 e. The van der Waals surface area contributed by atoms with Crippen LogP contribution in [-0.2, 0) is 17.9 Å². The summed E-state index contributed by atoms with van der Waals surface area (Å²) in [5.74, 6) is 0.913. The zero-order chi connectivity index (χ0) is 19.8. The minimum atomic E-state index is -0.401. The van der Waals surface area contributed by atoms with Gasteiger partial charge in [-0.2, -0.15) is 0 Å². The lowest BCUT2D eigenvalue weighted by atomic mass is 9.86. The molecule has 2 aromatic rings. The summed E-state index contributed by atoms with van der Waals surface area (Å²) in [5.41, 5.74) is 1.10. The minimum Gasteiger partial charge on any atom is -0.468 e. The number of benzene rings is 1. The number of furan rings is 1. The van der Waals surface area contributed by atoms with Crippen LogP contribution in [0.5, 0.6) is 0 Å². The van der Waals surface area contributed by atoms with Gasteiger partial charge in [-0.15, -0.1) is 0 Å². The molecule has 2 unspecified atom stereocenters. The zero-order valence-electron chi connectivity index (χ0n) is 16.4. The number of carbonyl (C=O) groups excluding carboxylic acids is 2. The van der Waals surface area contributed by atoms with Crippen molar-refractivity contribution in [3.63, 3.8) is 0 Å². The SMILES string of the molecule is CC1CCCCC1NC(=O)NC(=O)CN(Cc1ccccc1)Cc1ccco1. The maximum absolute atomic E-state index is 12.5. The van der Waals surface area contributed by atoms with Gasteiger partial charge in [0.05, 0.1) is 19.4 Å². The van der Waals surface area contributed by atoms with Gasteiger partial charge in [0.2, 0.25) is 5.91 Å². The van der Waals surface area contributed by atoms with Gasteiger partial charge in [-0.1, -0.05) is 50.1 Å². The molecule has 0 saturated heterocycles. The Morgan fingerprint density at radius 2 is 1.86 bits per heavy atom. The molecule has 0 aliphatic heterocycles. The van der Waals surface area contributed by atoms with Gasteiger partial charge in [-0.3, -0.25) is 15.0 Å². The highest BCUT2D eigenvalue weighted by molar-refractivity contribution is 5.95. The van der Waals surface area contributed by atoms with Gasteiger partial charge in [0, 0.05) is 12.6 Å². The van der Waals surface area contributed by atoms with Gasteiger partial charge in [0.15, 0.2) is 0 Å². The first-order valence-corrected chi connectivity index (χ1v) is 9.99. The van der Waals surface area contributed by atoms with E-state index in [1.807, 2.05) is 47.4 Å². The summed E-state index contributed by atoms with van der Waals surface area (Å²) < 4.78 is 5.42. The molecule has 3 amide bonds. The maximum atomic E-state index is 12.5. The fourth-order valence-electron chi connectivity index (χ4n) is 3.74. The number of hydrogen-bond acceptors (Lipinski definition) is 4. The van der Waals surface area contributed by atoms with E-state index in [4.69, 9.17) is 4.42 Å². The molecule has 3 rings (SSSR count). The van der Waals surface area contributed by atoms with Crippen LogP contribution in [0.25, 0.3) is 0 Å². The average Bonchev–Trinajstić information content (AvgIpc) is 3.17. The first-order chi connectivity index (χ1) is 13.6. The van der Waals surface area contributed by atoms with Crippen LogP contribution in [0.3, 0.4) is 0 Å². The Morgan fingerprint density at radius 3 is 2.57 bits per heavy atom. The van der Waals surface area contributed by atoms with E-state index >= 15 is 0 Å².